The molecule has 26 heavy (non-hydrogen) atoms. The lowest BCUT2D eigenvalue weighted by Crippen LogP contribution is -2.01. The standard InChI is InChI=1S/C22H20O3S/c1-3-21-19(16-7-5-4-6-8-16)14-17(26-21)11-9-15-10-12-18(20(23)13-15)22(24)25-2/h4-14,23H,3H2,1-2H3. The molecule has 0 saturated carbocycles. The van der Waals surface area contributed by atoms with Gasteiger partial charge in [-0.25, -0.2) is 4.79 Å². The number of phenols is 1. The molecule has 0 fully saturated rings. The van der Waals surface area contributed by atoms with E-state index in [1.54, 1.807) is 29.5 Å². The predicted molar refractivity (Wildman–Crippen MR) is 108 cm³/mol. The van der Waals surface area contributed by atoms with Crippen LogP contribution in [0.1, 0.15) is 32.6 Å². The molecule has 0 atom stereocenters. The van der Waals surface area contributed by atoms with Crippen molar-refractivity contribution in [2.75, 3.05) is 7.11 Å². The number of aromatic hydroxyl groups is 1. The minimum Gasteiger partial charge on any atom is -0.507 e. The van der Waals surface area contributed by atoms with E-state index in [1.165, 1.54) is 23.1 Å². The highest BCUT2D eigenvalue weighted by Gasteiger charge is 2.11. The molecule has 0 unspecified atom stereocenters. The van der Waals surface area contributed by atoms with Crippen molar-refractivity contribution in [2.24, 2.45) is 0 Å². The molecule has 0 radical (unpaired) electrons. The number of hydrogen-bond donors (Lipinski definition) is 1. The highest BCUT2D eigenvalue weighted by Crippen LogP contribution is 2.33. The Bertz CT molecular complexity index is 939. The van der Waals surface area contributed by atoms with Gasteiger partial charge in [0.2, 0.25) is 0 Å². The number of methoxy groups -OCH3 is 1. The fourth-order valence-corrected chi connectivity index (χ4v) is 3.80. The summed E-state index contributed by atoms with van der Waals surface area (Å²) >= 11 is 1.77. The third kappa shape index (κ3) is 3.86. The summed E-state index contributed by atoms with van der Waals surface area (Å²) in [6.07, 6.45) is 4.95. The number of hydrogen-bond acceptors (Lipinski definition) is 4. The molecule has 3 rings (SSSR count). The van der Waals surface area contributed by atoms with Crippen LogP contribution < -0.4 is 0 Å². The number of carbonyl (C=O) groups excluding carboxylic acids is 1. The molecule has 1 heterocycles. The van der Waals surface area contributed by atoms with E-state index in [-0.39, 0.29) is 11.3 Å². The van der Waals surface area contributed by atoms with Gasteiger partial charge >= 0.3 is 5.97 Å². The van der Waals surface area contributed by atoms with Crippen LogP contribution in [-0.4, -0.2) is 18.2 Å². The van der Waals surface area contributed by atoms with Crippen molar-refractivity contribution in [2.45, 2.75) is 13.3 Å². The topological polar surface area (TPSA) is 46.5 Å². The first-order valence-corrected chi connectivity index (χ1v) is 9.21. The van der Waals surface area contributed by atoms with Gasteiger partial charge in [0, 0.05) is 9.75 Å². The minimum absolute atomic E-state index is 0.0793. The predicted octanol–water partition coefficient (Wildman–Crippen LogP) is 5.64. The first-order valence-electron chi connectivity index (χ1n) is 8.40. The molecule has 0 saturated heterocycles. The number of rotatable bonds is 5. The number of benzene rings is 2. The lowest BCUT2D eigenvalue weighted by molar-refractivity contribution is 0.0597. The van der Waals surface area contributed by atoms with Crippen LogP contribution >= 0.6 is 11.3 Å². The zero-order chi connectivity index (χ0) is 18.5. The van der Waals surface area contributed by atoms with Crippen LogP contribution in [0.3, 0.4) is 0 Å². The molecular weight excluding hydrogens is 344 g/mol. The Morgan fingerprint density at radius 1 is 1.12 bits per heavy atom. The van der Waals surface area contributed by atoms with Gasteiger partial charge in [0.25, 0.3) is 0 Å². The number of aryl methyl sites for hydroxylation is 1. The number of phenolic OH excluding ortho intramolecular Hbond substituents is 1. The second-order valence-electron chi connectivity index (χ2n) is 5.81. The Labute approximate surface area is 157 Å². The van der Waals surface area contributed by atoms with Crippen LogP contribution in [0.4, 0.5) is 0 Å². The average Bonchev–Trinajstić information content (AvgIpc) is 3.10. The Hall–Kier alpha value is -2.85. The van der Waals surface area contributed by atoms with E-state index < -0.39 is 5.97 Å². The van der Waals surface area contributed by atoms with Crippen molar-refractivity contribution in [3.8, 4) is 16.9 Å². The Morgan fingerprint density at radius 3 is 2.54 bits per heavy atom. The summed E-state index contributed by atoms with van der Waals surface area (Å²) in [4.78, 5) is 14.0. The quantitative estimate of drug-likeness (QED) is 0.596. The molecule has 132 valence electrons. The van der Waals surface area contributed by atoms with Crippen LogP contribution in [0.5, 0.6) is 5.75 Å². The molecular formula is C22H20O3S. The van der Waals surface area contributed by atoms with Gasteiger partial charge in [-0.05, 0) is 47.4 Å². The largest absolute Gasteiger partial charge is 0.507 e. The molecule has 3 nitrogen and oxygen atoms in total. The summed E-state index contributed by atoms with van der Waals surface area (Å²) in [5, 5.41) is 9.99. The average molecular weight is 364 g/mol. The van der Waals surface area contributed by atoms with Gasteiger partial charge in [0.05, 0.1) is 7.11 Å². The maximum atomic E-state index is 11.5. The summed E-state index contributed by atoms with van der Waals surface area (Å²) in [6, 6.07) is 17.5. The van der Waals surface area contributed by atoms with Crippen molar-refractivity contribution in [3.63, 3.8) is 0 Å². The summed E-state index contributed by atoms with van der Waals surface area (Å²) in [5.74, 6) is -0.624. The number of ether oxygens (including phenoxy) is 1. The van der Waals surface area contributed by atoms with Gasteiger partial charge in [0.1, 0.15) is 11.3 Å². The Balaban J connectivity index is 1.86. The Morgan fingerprint density at radius 2 is 1.88 bits per heavy atom. The van der Waals surface area contributed by atoms with Crippen LogP contribution in [0, 0.1) is 0 Å². The van der Waals surface area contributed by atoms with E-state index in [2.05, 4.69) is 29.9 Å². The highest BCUT2D eigenvalue weighted by molar-refractivity contribution is 7.13. The van der Waals surface area contributed by atoms with Gasteiger partial charge in [-0.15, -0.1) is 11.3 Å². The zero-order valence-electron chi connectivity index (χ0n) is 14.7. The van der Waals surface area contributed by atoms with Gasteiger partial charge in [-0.1, -0.05) is 49.4 Å². The summed E-state index contributed by atoms with van der Waals surface area (Å²) in [7, 11) is 1.29. The zero-order valence-corrected chi connectivity index (χ0v) is 15.5. The number of carbonyl (C=O) groups is 1. The summed E-state index contributed by atoms with van der Waals surface area (Å²) in [5.41, 5.74) is 3.48. The van der Waals surface area contributed by atoms with Gasteiger partial charge < -0.3 is 9.84 Å². The van der Waals surface area contributed by atoms with Crippen LogP contribution in [-0.2, 0) is 11.2 Å². The van der Waals surface area contributed by atoms with E-state index in [0.717, 1.165) is 16.9 Å². The molecule has 0 amide bonds. The molecule has 1 N–H and O–H groups in total. The second kappa shape index (κ2) is 8.02. The molecule has 1 aromatic heterocycles. The van der Waals surface area contributed by atoms with Crippen LogP contribution in [0.15, 0.2) is 54.6 Å². The fourth-order valence-electron chi connectivity index (χ4n) is 2.77. The molecule has 0 aliphatic rings. The van der Waals surface area contributed by atoms with Gasteiger partial charge in [-0.3, -0.25) is 0 Å². The summed E-state index contributed by atoms with van der Waals surface area (Å²) < 4.78 is 4.64. The number of esters is 1. The van der Waals surface area contributed by atoms with Crippen molar-refractivity contribution < 1.29 is 14.6 Å². The normalized spacial score (nSPS) is 11.0. The lowest BCUT2D eigenvalue weighted by Gasteiger charge is -2.03. The molecule has 0 spiro atoms. The highest BCUT2D eigenvalue weighted by atomic mass is 32.1. The first-order chi connectivity index (χ1) is 12.6. The van der Waals surface area contributed by atoms with Crippen molar-refractivity contribution in [1.82, 2.24) is 0 Å². The van der Waals surface area contributed by atoms with E-state index in [9.17, 15) is 9.90 Å². The number of thiophene rings is 1. The summed E-state index contributed by atoms with van der Waals surface area (Å²) in [6.45, 7) is 2.16. The SMILES string of the molecule is CCc1sc(C=Cc2ccc(C(=O)OC)c(O)c2)cc1-c1ccccc1. The van der Waals surface area contributed by atoms with Crippen LogP contribution in [0.2, 0.25) is 0 Å². The van der Waals surface area contributed by atoms with Crippen molar-refractivity contribution >= 4 is 29.5 Å². The van der Waals surface area contributed by atoms with Crippen LogP contribution in [0.25, 0.3) is 23.3 Å². The first kappa shape index (κ1) is 18.0. The van der Waals surface area contributed by atoms with Crippen molar-refractivity contribution in [1.29, 1.82) is 0 Å². The van der Waals surface area contributed by atoms with E-state index in [0.29, 0.717) is 0 Å². The molecule has 0 bridgehead atoms. The van der Waals surface area contributed by atoms with Gasteiger partial charge in [0.15, 0.2) is 0 Å². The lowest BCUT2D eigenvalue weighted by atomic mass is 10.1. The second-order valence-corrected chi connectivity index (χ2v) is 6.98. The van der Waals surface area contributed by atoms with Gasteiger partial charge in [-0.2, -0.15) is 0 Å². The maximum absolute atomic E-state index is 11.5. The smallest absolute Gasteiger partial charge is 0.341 e. The monoisotopic (exact) mass is 364 g/mol. The Kier molecular flexibility index (Phi) is 5.54. The molecule has 0 aliphatic carbocycles. The van der Waals surface area contributed by atoms with Crippen molar-refractivity contribution in [3.05, 3.63) is 75.5 Å². The van der Waals surface area contributed by atoms with E-state index in [1.807, 2.05) is 30.4 Å². The molecule has 4 heteroatoms. The minimum atomic E-state index is -0.545. The van der Waals surface area contributed by atoms with E-state index >= 15 is 0 Å². The molecule has 3 aromatic rings. The third-order valence-electron chi connectivity index (χ3n) is 4.10. The maximum Gasteiger partial charge on any atom is 0.341 e. The molecule has 2 aromatic carbocycles. The van der Waals surface area contributed by atoms with E-state index in [4.69, 9.17) is 0 Å². The molecule has 0 aliphatic heterocycles. The fraction of sp³-hybridized carbons (Fsp3) is 0.136. The third-order valence-corrected chi connectivity index (χ3v) is 5.35.